The second-order valence-corrected chi connectivity index (χ2v) is 4.14. The lowest BCUT2D eigenvalue weighted by atomic mass is 10.1. The molecule has 1 atom stereocenters. The quantitative estimate of drug-likeness (QED) is 0.850. The third-order valence-corrected chi connectivity index (χ3v) is 2.46. The Kier molecular flexibility index (Phi) is 5.25. The lowest BCUT2D eigenvalue weighted by Gasteiger charge is -2.15. The molecule has 0 radical (unpaired) electrons. The monoisotopic (exact) mass is 262 g/mol. The minimum absolute atomic E-state index is 0.0254. The zero-order valence-corrected chi connectivity index (χ0v) is 10.4. The molecule has 1 aromatic rings. The molecular formula is C12H17F3N2O. The number of alkyl halides is 3. The summed E-state index contributed by atoms with van der Waals surface area (Å²) in [5.41, 5.74) is 0.773. The smallest absolute Gasteiger partial charge is 0.389 e. The SMILES string of the molecule is COc1ccc(NC(C)CCCC(F)(F)F)cn1. The largest absolute Gasteiger partial charge is 0.481 e. The van der Waals surface area contributed by atoms with Crippen molar-refractivity contribution >= 4 is 5.69 Å². The highest BCUT2D eigenvalue weighted by molar-refractivity contribution is 5.42. The van der Waals surface area contributed by atoms with Gasteiger partial charge in [0.05, 0.1) is 19.0 Å². The number of pyridine rings is 1. The summed E-state index contributed by atoms with van der Waals surface area (Å²) in [6.45, 7) is 1.85. The van der Waals surface area contributed by atoms with Crippen LogP contribution in [0.2, 0.25) is 0 Å². The molecule has 0 spiro atoms. The number of ether oxygens (including phenoxy) is 1. The molecule has 0 saturated carbocycles. The maximum absolute atomic E-state index is 12.0. The molecule has 1 aromatic heterocycles. The minimum Gasteiger partial charge on any atom is -0.481 e. The van der Waals surface area contributed by atoms with E-state index in [0.717, 1.165) is 5.69 Å². The van der Waals surface area contributed by atoms with Crippen molar-refractivity contribution in [3.05, 3.63) is 18.3 Å². The van der Waals surface area contributed by atoms with Crippen molar-refractivity contribution in [1.82, 2.24) is 4.98 Å². The molecule has 18 heavy (non-hydrogen) atoms. The van der Waals surface area contributed by atoms with Crippen LogP contribution in [0, 0.1) is 0 Å². The van der Waals surface area contributed by atoms with Crippen LogP contribution in [0.25, 0.3) is 0 Å². The fourth-order valence-electron chi connectivity index (χ4n) is 1.55. The van der Waals surface area contributed by atoms with Crippen molar-refractivity contribution in [3.63, 3.8) is 0 Å². The van der Waals surface area contributed by atoms with Crippen molar-refractivity contribution in [3.8, 4) is 5.88 Å². The van der Waals surface area contributed by atoms with Gasteiger partial charge in [0.25, 0.3) is 0 Å². The fourth-order valence-corrected chi connectivity index (χ4v) is 1.55. The first-order valence-electron chi connectivity index (χ1n) is 5.74. The molecule has 0 aromatic carbocycles. The summed E-state index contributed by atoms with van der Waals surface area (Å²) in [5.74, 6) is 0.505. The molecule has 6 heteroatoms. The number of rotatable bonds is 6. The normalized spacial score (nSPS) is 13.2. The summed E-state index contributed by atoms with van der Waals surface area (Å²) in [5, 5.41) is 3.09. The number of nitrogens with one attached hydrogen (secondary N) is 1. The molecule has 0 bridgehead atoms. The van der Waals surface area contributed by atoms with Crippen LogP contribution in [0.5, 0.6) is 5.88 Å². The van der Waals surface area contributed by atoms with Crippen LogP contribution in [0.4, 0.5) is 18.9 Å². The number of halogens is 3. The second-order valence-electron chi connectivity index (χ2n) is 4.14. The molecule has 0 saturated heterocycles. The lowest BCUT2D eigenvalue weighted by Crippen LogP contribution is -2.16. The Bertz CT molecular complexity index is 351. The van der Waals surface area contributed by atoms with Gasteiger partial charge in [0.2, 0.25) is 5.88 Å². The number of nitrogens with zero attached hydrogens (tertiary/aromatic N) is 1. The van der Waals surface area contributed by atoms with E-state index in [1.807, 2.05) is 6.92 Å². The highest BCUT2D eigenvalue weighted by atomic mass is 19.4. The third kappa shape index (κ3) is 5.75. The van der Waals surface area contributed by atoms with E-state index < -0.39 is 12.6 Å². The van der Waals surface area contributed by atoms with E-state index in [9.17, 15) is 13.2 Å². The predicted molar refractivity (Wildman–Crippen MR) is 63.8 cm³/mol. The maximum Gasteiger partial charge on any atom is 0.389 e. The Balaban J connectivity index is 2.32. The first-order chi connectivity index (χ1) is 8.40. The summed E-state index contributed by atoms with van der Waals surface area (Å²) < 4.78 is 40.8. The fraction of sp³-hybridized carbons (Fsp3) is 0.583. The van der Waals surface area contributed by atoms with Crippen LogP contribution < -0.4 is 10.1 Å². The summed E-state index contributed by atoms with van der Waals surface area (Å²) in [4.78, 5) is 4.01. The van der Waals surface area contributed by atoms with Crippen LogP contribution in [0.3, 0.4) is 0 Å². The van der Waals surface area contributed by atoms with Gasteiger partial charge >= 0.3 is 6.18 Å². The Hall–Kier alpha value is -1.46. The van der Waals surface area contributed by atoms with E-state index in [2.05, 4.69) is 10.3 Å². The van der Waals surface area contributed by atoms with Crippen LogP contribution in [-0.2, 0) is 0 Å². The van der Waals surface area contributed by atoms with Crippen LogP contribution in [0.15, 0.2) is 18.3 Å². The second kappa shape index (κ2) is 6.47. The molecule has 1 rings (SSSR count). The number of methoxy groups -OCH3 is 1. The molecule has 3 nitrogen and oxygen atoms in total. The molecule has 102 valence electrons. The zero-order valence-electron chi connectivity index (χ0n) is 10.4. The number of anilines is 1. The molecule has 0 amide bonds. The topological polar surface area (TPSA) is 34.1 Å². The van der Waals surface area contributed by atoms with E-state index in [4.69, 9.17) is 4.74 Å². The molecule has 1 heterocycles. The number of hydrogen-bond acceptors (Lipinski definition) is 3. The first-order valence-corrected chi connectivity index (χ1v) is 5.74. The van der Waals surface area contributed by atoms with E-state index in [-0.39, 0.29) is 12.5 Å². The minimum atomic E-state index is -4.07. The summed E-state index contributed by atoms with van der Waals surface area (Å²) >= 11 is 0. The third-order valence-electron chi connectivity index (χ3n) is 2.46. The van der Waals surface area contributed by atoms with Gasteiger partial charge in [-0.25, -0.2) is 4.98 Å². The van der Waals surface area contributed by atoms with Crippen molar-refractivity contribution in [2.45, 2.75) is 38.4 Å². The van der Waals surface area contributed by atoms with Gasteiger partial charge in [-0.05, 0) is 25.8 Å². The maximum atomic E-state index is 12.0. The van der Waals surface area contributed by atoms with Crippen molar-refractivity contribution in [1.29, 1.82) is 0 Å². The van der Waals surface area contributed by atoms with E-state index in [1.165, 1.54) is 7.11 Å². The summed E-state index contributed by atoms with van der Waals surface area (Å²) in [6.07, 6.45) is -2.62. The van der Waals surface area contributed by atoms with Gasteiger partial charge in [-0.15, -0.1) is 0 Å². The van der Waals surface area contributed by atoms with Gasteiger partial charge in [-0.1, -0.05) is 0 Å². The van der Waals surface area contributed by atoms with Gasteiger partial charge in [-0.2, -0.15) is 13.2 Å². The van der Waals surface area contributed by atoms with E-state index >= 15 is 0 Å². The van der Waals surface area contributed by atoms with E-state index in [0.29, 0.717) is 12.3 Å². The molecule has 0 fully saturated rings. The standard InChI is InChI=1S/C12H17F3N2O/c1-9(4-3-7-12(13,14)15)17-10-5-6-11(18-2)16-8-10/h5-6,8-9,17H,3-4,7H2,1-2H3. The van der Waals surface area contributed by atoms with Gasteiger partial charge in [0.15, 0.2) is 0 Å². The van der Waals surface area contributed by atoms with Gasteiger partial charge in [0, 0.05) is 18.5 Å². The summed E-state index contributed by atoms with van der Waals surface area (Å²) in [7, 11) is 1.52. The Labute approximate surface area is 104 Å². The Morgan fingerprint density at radius 1 is 1.39 bits per heavy atom. The summed E-state index contributed by atoms with van der Waals surface area (Å²) in [6, 6.07) is 3.46. The average molecular weight is 262 g/mol. The van der Waals surface area contributed by atoms with Crippen LogP contribution in [0.1, 0.15) is 26.2 Å². The molecule has 0 aliphatic heterocycles. The number of hydrogen-bond donors (Lipinski definition) is 1. The predicted octanol–water partition coefficient (Wildman–Crippen LogP) is 3.62. The van der Waals surface area contributed by atoms with E-state index in [1.54, 1.807) is 18.3 Å². The molecule has 1 N–H and O–H groups in total. The highest BCUT2D eigenvalue weighted by Gasteiger charge is 2.26. The van der Waals surface area contributed by atoms with Crippen molar-refractivity contribution in [2.24, 2.45) is 0 Å². The Morgan fingerprint density at radius 2 is 2.11 bits per heavy atom. The number of aromatic nitrogens is 1. The van der Waals surface area contributed by atoms with Crippen molar-refractivity contribution < 1.29 is 17.9 Å². The lowest BCUT2D eigenvalue weighted by molar-refractivity contribution is -0.135. The van der Waals surface area contributed by atoms with Crippen molar-refractivity contribution in [2.75, 3.05) is 12.4 Å². The van der Waals surface area contributed by atoms with Crippen LogP contribution >= 0.6 is 0 Å². The average Bonchev–Trinajstić information content (AvgIpc) is 2.28. The van der Waals surface area contributed by atoms with Gasteiger partial charge in [-0.3, -0.25) is 0 Å². The van der Waals surface area contributed by atoms with Gasteiger partial charge in [0.1, 0.15) is 0 Å². The molecular weight excluding hydrogens is 245 g/mol. The zero-order chi connectivity index (χ0) is 13.6. The molecule has 0 aliphatic carbocycles. The van der Waals surface area contributed by atoms with Gasteiger partial charge < -0.3 is 10.1 Å². The molecule has 1 unspecified atom stereocenters. The highest BCUT2D eigenvalue weighted by Crippen LogP contribution is 2.23. The van der Waals surface area contributed by atoms with Crippen LogP contribution in [-0.4, -0.2) is 24.3 Å². The Morgan fingerprint density at radius 3 is 2.61 bits per heavy atom. The first kappa shape index (κ1) is 14.6. The molecule has 0 aliphatic rings.